The second kappa shape index (κ2) is 5.91. The molecule has 0 unspecified atom stereocenters. The Morgan fingerprint density at radius 3 is 3.09 bits per heavy atom. The van der Waals surface area contributed by atoms with Crippen LogP contribution in [0, 0.1) is 0 Å². The highest BCUT2D eigenvalue weighted by Gasteiger charge is 2.22. The van der Waals surface area contributed by atoms with Crippen molar-refractivity contribution < 1.29 is 4.74 Å². The van der Waals surface area contributed by atoms with E-state index in [1.54, 1.807) is 6.20 Å². The number of pyridine rings is 1. The lowest BCUT2D eigenvalue weighted by molar-refractivity contribution is -0.0329. The predicted molar refractivity (Wildman–Crippen MR) is 86.5 cm³/mol. The molecule has 1 fully saturated rings. The van der Waals surface area contributed by atoms with E-state index in [0.717, 1.165) is 31.8 Å². The predicted octanol–water partition coefficient (Wildman–Crippen LogP) is 3.14. The first-order chi connectivity index (χ1) is 10.9. The molecule has 1 aromatic carbocycles. The summed E-state index contributed by atoms with van der Waals surface area (Å²) < 4.78 is 5.91. The molecule has 3 heterocycles. The Morgan fingerprint density at radius 1 is 1.23 bits per heavy atom. The summed E-state index contributed by atoms with van der Waals surface area (Å²) >= 11 is 0. The molecule has 4 heteroatoms. The lowest BCUT2D eigenvalue weighted by Gasteiger charge is -2.32. The van der Waals surface area contributed by atoms with Gasteiger partial charge in [0, 0.05) is 54.7 Å². The van der Waals surface area contributed by atoms with Crippen molar-refractivity contribution in [2.45, 2.75) is 12.6 Å². The first-order valence-corrected chi connectivity index (χ1v) is 7.69. The van der Waals surface area contributed by atoms with Crippen LogP contribution in [0.15, 0.2) is 55.0 Å². The molecule has 2 aromatic heterocycles. The number of aromatic nitrogens is 2. The first-order valence-electron chi connectivity index (χ1n) is 7.69. The number of nitrogens with one attached hydrogen (secondary N) is 1. The summed E-state index contributed by atoms with van der Waals surface area (Å²) in [6.07, 6.45) is 5.95. The highest BCUT2D eigenvalue weighted by Crippen LogP contribution is 2.24. The van der Waals surface area contributed by atoms with Crippen LogP contribution in [0.1, 0.15) is 17.2 Å². The normalized spacial score (nSPS) is 19.5. The van der Waals surface area contributed by atoms with Gasteiger partial charge < -0.3 is 9.72 Å². The van der Waals surface area contributed by atoms with Gasteiger partial charge in [-0.2, -0.15) is 0 Å². The maximum atomic E-state index is 5.91. The fourth-order valence-electron chi connectivity index (χ4n) is 3.12. The van der Waals surface area contributed by atoms with Crippen molar-refractivity contribution in [2.24, 2.45) is 0 Å². The van der Waals surface area contributed by atoms with E-state index in [1.807, 2.05) is 12.3 Å². The van der Waals surface area contributed by atoms with E-state index < -0.39 is 0 Å². The zero-order valence-corrected chi connectivity index (χ0v) is 12.4. The molecule has 3 aromatic rings. The van der Waals surface area contributed by atoms with Gasteiger partial charge in [0.15, 0.2) is 0 Å². The molecule has 1 N–H and O–H groups in total. The average molecular weight is 293 g/mol. The third-order valence-electron chi connectivity index (χ3n) is 4.28. The van der Waals surface area contributed by atoms with E-state index >= 15 is 0 Å². The van der Waals surface area contributed by atoms with Crippen LogP contribution in [0.2, 0.25) is 0 Å². The van der Waals surface area contributed by atoms with Gasteiger partial charge in [0.05, 0.1) is 12.7 Å². The van der Waals surface area contributed by atoms with Gasteiger partial charge in [0.2, 0.25) is 0 Å². The van der Waals surface area contributed by atoms with Crippen molar-refractivity contribution in [1.29, 1.82) is 0 Å². The van der Waals surface area contributed by atoms with Crippen molar-refractivity contribution >= 4 is 10.9 Å². The number of H-pyrrole nitrogens is 1. The van der Waals surface area contributed by atoms with Crippen molar-refractivity contribution in [2.75, 3.05) is 19.7 Å². The number of aromatic amines is 1. The summed E-state index contributed by atoms with van der Waals surface area (Å²) in [6, 6.07) is 12.5. The number of fused-ring (bicyclic) bond motifs is 1. The molecule has 0 radical (unpaired) electrons. The first kappa shape index (κ1) is 13.5. The molecule has 1 aliphatic rings. The van der Waals surface area contributed by atoms with Crippen LogP contribution >= 0.6 is 0 Å². The number of ether oxygens (including phenoxy) is 1. The van der Waals surface area contributed by atoms with E-state index in [9.17, 15) is 0 Å². The molecule has 0 amide bonds. The minimum atomic E-state index is 0.118. The zero-order valence-electron chi connectivity index (χ0n) is 12.4. The van der Waals surface area contributed by atoms with Gasteiger partial charge >= 0.3 is 0 Å². The minimum absolute atomic E-state index is 0.118. The number of benzene rings is 1. The van der Waals surface area contributed by atoms with Gasteiger partial charge in [-0.1, -0.05) is 24.3 Å². The molecule has 112 valence electrons. The summed E-state index contributed by atoms with van der Waals surface area (Å²) in [4.78, 5) is 10.0. The molecule has 0 aliphatic carbocycles. The smallest absolute Gasteiger partial charge is 0.0967 e. The molecule has 4 rings (SSSR count). The molecule has 1 aliphatic heterocycles. The third-order valence-corrected chi connectivity index (χ3v) is 4.28. The van der Waals surface area contributed by atoms with Crippen molar-refractivity contribution in [3.63, 3.8) is 0 Å². The average Bonchev–Trinajstić information content (AvgIpc) is 2.99. The van der Waals surface area contributed by atoms with Gasteiger partial charge in [-0.05, 0) is 17.7 Å². The van der Waals surface area contributed by atoms with Gasteiger partial charge in [-0.25, -0.2) is 0 Å². The van der Waals surface area contributed by atoms with Crippen LogP contribution in [0.25, 0.3) is 10.9 Å². The monoisotopic (exact) mass is 293 g/mol. The molecule has 0 saturated carbocycles. The Hall–Kier alpha value is -2.17. The summed E-state index contributed by atoms with van der Waals surface area (Å²) in [5.41, 5.74) is 3.71. The Morgan fingerprint density at radius 2 is 2.18 bits per heavy atom. The number of hydrogen-bond acceptors (Lipinski definition) is 3. The van der Waals surface area contributed by atoms with Crippen molar-refractivity contribution in [3.8, 4) is 0 Å². The number of para-hydroxylation sites is 1. The Balaban J connectivity index is 1.51. The number of hydrogen-bond donors (Lipinski definition) is 1. The van der Waals surface area contributed by atoms with E-state index in [1.165, 1.54) is 16.5 Å². The van der Waals surface area contributed by atoms with Crippen molar-refractivity contribution in [1.82, 2.24) is 14.9 Å². The largest absolute Gasteiger partial charge is 0.371 e. The summed E-state index contributed by atoms with van der Waals surface area (Å²) in [5.74, 6) is 0. The van der Waals surface area contributed by atoms with Crippen LogP contribution in [0.5, 0.6) is 0 Å². The SMILES string of the molecule is c1cncc([C@@H]2CN(Cc3c[nH]c4ccccc34)CCO2)c1. The fraction of sp³-hybridized carbons (Fsp3) is 0.278. The number of nitrogens with zero attached hydrogens (tertiary/aromatic N) is 2. The molecular formula is C18H19N3O. The van der Waals surface area contributed by atoms with Crippen LogP contribution in [-0.4, -0.2) is 34.6 Å². The van der Waals surface area contributed by atoms with Crippen LogP contribution in [0.4, 0.5) is 0 Å². The molecule has 0 bridgehead atoms. The maximum Gasteiger partial charge on any atom is 0.0967 e. The molecule has 22 heavy (non-hydrogen) atoms. The molecule has 4 nitrogen and oxygen atoms in total. The van der Waals surface area contributed by atoms with E-state index in [2.05, 4.69) is 51.4 Å². The van der Waals surface area contributed by atoms with Gasteiger partial charge in [-0.15, -0.1) is 0 Å². The minimum Gasteiger partial charge on any atom is -0.371 e. The Bertz CT molecular complexity index is 753. The highest BCUT2D eigenvalue weighted by atomic mass is 16.5. The standard InChI is InChI=1S/C18H19N3O/c1-2-6-17-16(5-1)15(11-20-17)12-21-8-9-22-18(13-21)14-4-3-7-19-10-14/h1-7,10-11,18,20H,8-9,12-13H2/t18-/m0/s1. The fourth-order valence-corrected chi connectivity index (χ4v) is 3.12. The molecular weight excluding hydrogens is 274 g/mol. The summed E-state index contributed by atoms with van der Waals surface area (Å²) in [6.45, 7) is 3.59. The second-order valence-corrected chi connectivity index (χ2v) is 5.74. The van der Waals surface area contributed by atoms with Gasteiger partial charge in [0.1, 0.15) is 0 Å². The quantitative estimate of drug-likeness (QED) is 0.806. The van der Waals surface area contributed by atoms with Crippen LogP contribution in [-0.2, 0) is 11.3 Å². The maximum absolute atomic E-state index is 5.91. The van der Waals surface area contributed by atoms with Gasteiger partial charge in [0.25, 0.3) is 0 Å². The van der Waals surface area contributed by atoms with Crippen LogP contribution in [0.3, 0.4) is 0 Å². The van der Waals surface area contributed by atoms with Gasteiger partial charge in [-0.3, -0.25) is 9.88 Å². The topological polar surface area (TPSA) is 41.2 Å². The van der Waals surface area contributed by atoms with E-state index in [0.29, 0.717) is 0 Å². The molecule has 1 saturated heterocycles. The highest BCUT2D eigenvalue weighted by molar-refractivity contribution is 5.82. The Labute approximate surface area is 129 Å². The molecule has 0 spiro atoms. The van der Waals surface area contributed by atoms with E-state index in [-0.39, 0.29) is 6.10 Å². The second-order valence-electron chi connectivity index (χ2n) is 5.74. The molecule has 1 atom stereocenters. The van der Waals surface area contributed by atoms with Crippen molar-refractivity contribution in [3.05, 3.63) is 66.1 Å². The van der Waals surface area contributed by atoms with Crippen LogP contribution < -0.4 is 0 Å². The Kier molecular flexibility index (Phi) is 3.62. The number of rotatable bonds is 3. The zero-order chi connectivity index (χ0) is 14.8. The summed E-state index contributed by atoms with van der Waals surface area (Å²) in [5, 5.41) is 1.31. The lowest BCUT2D eigenvalue weighted by Crippen LogP contribution is -2.37. The van der Waals surface area contributed by atoms with E-state index in [4.69, 9.17) is 4.74 Å². The number of morpholine rings is 1. The lowest BCUT2D eigenvalue weighted by atomic mass is 10.1. The third kappa shape index (κ3) is 2.63. The summed E-state index contributed by atoms with van der Waals surface area (Å²) in [7, 11) is 0.